The number of sulfonamides is 1. The van der Waals surface area contributed by atoms with Gasteiger partial charge in [0.15, 0.2) is 0 Å². The molecule has 1 aromatic rings. The van der Waals surface area contributed by atoms with Crippen LogP contribution in [0, 0.1) is 0 Å². The summed E-state index contributed by atoms with van der Waals surface area (Å²) in [7, 11) is -3.56. The first-order chi connectivity index (χ1) is 8.76. The number of hydrogen-bond acceptors (Lipinski definition) is 3. The van der Waals surface area contributed by atoms with E-state index < -0.39 is 10.0 Å². The second-order valence-electron chi connectivity index (χ2n) is 4.36. The van der Waals surface area contributed by atoms with E-state index >= 15 is 0 Å². The van der Waals surface area contributed by atoms with E-state index in [9.17, 15) is 8.42 Å². The van der Waals surface area contributed by atoms with Crippen molar-refractivity contribution >= 4 is 43.2 Å². The summed E-state index contributed by atoms with van der Waals surface area (Å²) in [6.45, 7) is 3.94. The van der Waals surface area contributed by atoms with Crippen LogP contribution in [0.1, 0.15) is 20.3 Å². The van der Waals surface area contributed by atoms with E-state index in [0.717, 1.165) is 0 Å². The molecule has 0 radical (unpaired) electrons. The van der Waals surface area contributed by atoms with Crippen LogP contribution in [0.3, 0.4) is 0 Å². The summed E-state index contributed by atoms with van der Waals surface area (Å²) < 4.78 is 27.2. The number of halogens is 1. The molecule has 0 aromatic heterocycles. The second kappa shape index (κ2) is 6.78. The van der Waals surface area contributed by atoms with Crippen molar-refractivity contribution in [2.75, 3.05) is 6.54 Å². The predicted molar refractivity (Wildman–Crippen MR) is 84.6 cm³/mol. The van der Waals surface area contributed by atoms with Crippen LogP contribution in [0.2, 0.25) is 0 Å². The Bertz CT molecular complexity index is 559. The fourth-order valence-electron chi connectivity index (χ4n) is 1.66. The highest BCUT2D eigenvalue weighted by Gasteiger charge is 2.28. The van der Waals surface area contributed by atoms with Gasteiger partial charge in [-0.25, -0.2) is 8.42 Å². The molecule has 1 aromatic carbocycles. The zero-order valence-corrected chi connectivity index (χ0v) is 14.1. The minimum absolute atomic E-state index is 0.161. The van der Waals surface area contributed by atoms with Gasteiger partial charge in [-0.3, -0.25) is 0 Å². The van der Waals surface area contributed by atoms with E-state index in [1.807, 2.05) is 13.8 Å². The SMILES string of the molecule is CC(C)N(CCC(N)=S)S(=O)(=O)c1ccccc1Br. The van der Waals surface area contributed by atoms with Crippen LogP contribution in [0.5, 0.6) is 0 Å². The number of rotatable bonds is 6. The summed E-state index contributed by atoms with van der Waals surface area (Å²) >= 11 is 8.09. The van der Waals surface area contributed by atoms with Crippen molar-refractivity contribution in [2.45, 2.75) is 31.2 Å². The molecule has 1 rings (SSSR count). The molecule has 19 heavy (non-hydrogen) atoms. The van der Waals surface area contributed by atoms with Gasteiger partial charge in [0, 0.05) is 23.5 Å². The van der Waals surface area contributed by atoms with Crippen molar-refractivity contribution in [3.05, 3.63) is 28.7 Å². The van der Waals surface area contributed by atoms with Crippen LogP contribution < -0.4 is 5.73 Å². The molecule has 0 aliphatic carbocycles. The van der Waals surface area contributed by atoms with Crippen molar-refractivity contribution in [3.63, 3.8) is 0 Å². The Morgan fingerprint density at radius 2 is 2.00 bits per heavy atom. The number of nitrogens with two attached hydrogens (primary N) is 1. The van der Waals surface area contributed by atoms with Gasteiger partial charge >= 0.3 is 0 Å². The highest BCUT2D eigenvalue weighted by Crippen LogP contribution is 2.26. The lowest BCUT2D eigenvalue weighted by Crippen LogP contribution is -2.39. The molecule has 0 aliphatic heterocycles. The van der Waals surface area contributed by atoms with E-state index in [4.69, 9.17) is 18.0 Å². The van der Waals surface area contributed by atoms with Gasteiger partial charge in [0.05, 0.1) is 9.88 Å². The Morgan fingerprint density at radius 1 is 1.42 bits per heavy atom. The molecule has 2 N–H and O–H groups in total. The van der Waals surface area contributed by atoms with Gasteiger partial charge in [0.2, 0.25) is 10.0 Å². The quantitative estimate of drug-likeness (QED) is 0.787. The third-order valence-corrected chi connectivity index (χ3v) is 5.87. The van der Waals surface area contributed by atoms with E-state index in [1.165, 1.54) is 4.31 Å². The number of hydrogen-bond donors (Lipinski definition) is 1. The first-order valence-corrected chi connectivity index (χ1v) is 8.45. The highest BCUT2D eigenvalue weighted by atomic mass is 79.9. The van der Waals surface area contributed by atoms with E-state index in [0.29, 0.717) is 15.9 Å². The van der Waals surface area contributed by atoms with Crippen LogP contribution in [-0.4, -0.2) is 30.3 Å². The van der Waals surface area contributed by atoms with Gasteiger partial charge in [-0.05, 0) is 41.9 Å². The monoisotopic (exact) mass is 364 g/mol. The Labute approximate surface area is 128 Å². The lowest BCUT2D eigenvalue weighted by atomic mass is 10.3. The average molecular weight is 365 g/mol. The molecule has 0 saturated carbocycles. The number of thiocarbonyl (C=S) groups is 1. The fourth-order valence-corrected chi connectivity index (χ4v) is 4.35. The van der Waals surface area contributed by atoms with Gasteiger partial charge in [-0.1, -0.05) is 24.4 Å². The maximum absolute atomic E-state index is 12.6. The molecule has 4 nitrogen and oxygen atoms in total. The van der Waals surface area contributed by atoms with Gasteiger partial charge < -0.3 is 5.73 Å². The maximum Gasteiger partial charge on any atom is 0.244 e. The van der Waals surface area contributed by atoms with Crippen molar-refractivity contribution in [2.24, 2.45) is 5.73 Å². The molecule has 0 heterocycles. The topological polar surface area (TPSA) is 63.4 Å². The first-order valence-electron chi connectivity index (χ1n) is 5.81. The van der Waals surface area contributed by atoms with Gasteiger partial charge in [0.25, 0.3) is 0 Å². The lowest BCUT2D eigenvalue weighted by molar-refractivity contribution is 0.362. The molecule has 0 amide bonds. The Kier molecular flexibility index (Phi) is 5.91. The molecular weight excluding hydrogens is 348 g/mol. The van der Waals surface area contributed by atoms with Crippen LogP contribution >= 0.6 is 28.1 Å². The summed E-state index contributed by atoms with van der Waals surface area (Å²) in [5, 5.41) is 0. The van der Waals surface area contributed by atoms with Gasteiger partial charge in [0.1, 0.15) is 0 Å². The van der Waals surface area contributed by atoms with Crippen molar-refractivity contribution in [3.8, 4) is 0 Å². The standard InChI is InChI=1S/C12H17BrN2O2S2/c1-9(2)15(8-7-12(14)18)19(16,17)11-6-4-3-5-10(11)13/h3-6,9H,7-8H2,1-2H3,(H2,14,18). The van der Waals surface area contributed by atoms with E-state index in [2.05, 4.69) is 15.9 Å². The van der Waals surface area contributed by atoms with E-state index in [1.54, 1.807) is 24.3 Å². The normalized spacial score (nSPS) is 12.1. The summed E-state index contributed by atoms with van der Waals surface area (Å²) in [5.74, 6) is 0. The van der Waals surface area contributed by atoms with Gasteiger partial charge in [-0.15, -0.1) is 0 Å². The third-order valence-electron chi connectivity index (χ3n) is 2.58. The van der Waals surface area contributed by atoms with Crippen LogP contribution in [0.15, 0.2) is 33.6 Å². The molecule has 0 saturated heterocycles. The summed E-state index contributed by atoms with van der Waals surface area (Å²) in [6, 6.07) is 6.60. The summed E-state index contributed by atoms with van der Waals surface area (Å²) in [5.41, 5.74) is 5.45. The average Bonchev–Trinajstić information content (AvgIpc) is 2.28. The Balaban J connectivity index is 3.14. The first kappa shape index (κ1) is 16.6. The number of benzene rings is 1. The zero-order valence-electron chi connectivity index (χ0n) is 10.8. The third kappa shape index (κ3) is 4.24. The van der Waals surface area contributed by atoms with Crippen molar-refractivity contribution < 1.29 is 8.42 Å². The van der Waals surface area contributed by atoms with Crippen molar-refractivity contribution in [1.82, 2.24) is 4.31 Å². The maximum atomic E-state index is 12.6. The van der Waals surface area contributed by atoms with Crippen molar-refractivity contribution in [1.29, 1.82) is 0 Å². The second-order valence-corrected chi connectivity index (χ2v) is 7.59. The molecule has 0 bridgehead atoms. The minimum atomic E-state index is -3.56. The molecule has 106 valence electrons. The largest absolute Gasteiger partial charge is 0.393 e. The highest BCUT2D eigenvalue weighted by molar-refractivity contribution is 9.10. The smallest absolute Gasteiger partial charge is 0.244 e. The Morgan fingerprint density at radius 3 is 2.47 bits per heavy atom. The van der Waals surface area contributed by atoms with Crippen LogP contribution in [-0.2, 0) is 10.0 Å². The summed E-state index contributed by atoms with van der Waals surface area (Å²) in [4.78, 5) is 0.569. The zero-order chi connectivity index (χ0) is 14.6. The predicted octanol–water partition coefficient (Wildman–Crippen LogP) is 2.52. The number of nitrogens with zero attached hydrogens (tertiary/aromatic N) is 1. The molecule has 0 unspecified atom stereocenters. The molecule has 0 atom stereocenters. The molecule has 0 aliphatic rings. The minimum Gasteiger partial charge on any atom is -0.393 e. The summed E-state index contributed by atoms with van der Waals surface area (Å²) in [6.07, 6.45) is 0.372. The fraction of sp³-hybridized carbons (Fsp3) is 0.417. The molecule has 0 spiro atoms. The van der Waals surface area contributed by atoms with E-state index in [-0.39, 0.29) is 17.5 Å². The lowest BCUT2D eigenvalue weighted by Gasteiger charge is -2.26. The molecular formula is C12H17BrN2O2S2. The molecule has 7 heteroatoms. The Hall–Kier alpha value is -0.500. The van der Waals surface area contributed by atoms with Gasteiger partial charge in [-0.2, -0.15) is 4.31 Å². The van der Waals surface area contributed by atoms with Crippen LogP contribution in [0.25, 0.3) is 0 Å². The molecule has 0 fully saturated rings. The van der Waals surface area contributed by atoms with Crippen LogP contribution in [0.4, 0.5) is 0 Å².